The van der Waals surface area contributed by atoms with E-state index in [0.717, 1.165) is 18.1 Å². The number of nitrogens with two attached hydrogens (primary N) is 1. The quantitative estimate of drug-likeness (QED) is 0.915. The number of morpholine rings is 1. The van der Waals surface area contributed by atoms with Gasteiger partial charge in [0.25, 0.3) is 0 Å². The molecular weight excluding hydrogens is 248 g/mol. The molecule has 3 atom stereocenters. The molecule has 1 aliphatic rings. The lowest BCUT2D eigenvalue weighted by Gasteiger charge is -2.40. The smallest absolute Gasteiger partial charge is 0.0678 e. The van der Waals surface area contributed by atoms with Crippen molar-refractivity contribution < 1.29 is 4.74 Å². The van der Waals surface area contributed by atoms with Gasteiger partial charge in [-0.3, -0.25) is 4.90 Å². The Labute approximate surface area is 114 Å². The molecule has 18 heavy (non-hydrogen) atoms. The predicted octanol–water partition coefficient (Wildman–Crippen LogP) is 2.45. The number of nitrogens with zero attached hydrogens (tertiary/aromatic N) is 1. The highest BCUT2D eigenvalue weighted by molar-refractivity contribution is 6.30. The SMILES string of the molecule is C[C@@H]1CN([C@@H](CN)c2ccc(Cl)cc2)C[C@@H](C)O1. The van der Waals surface area contributed by atoms with Gasteiger partial charge in [0, 0.05) is 30.7 Å². The first-order valence-corrected chi connectivity index (χ1v) is 6.83. The lowest BCUT2D eigenvalue weighted by molar-refractivity contribution is -0.0799. The summed E-state index contributed by atoms with van der Waals surface area (Å²) in [6, 6.07) is 8.21. The molecule has 1 aromatic carbocycles. The van der Waals surface area contributed by atoms with E-state index in [-0.39, 0.29) is 18.2 Å². The molecular formula is C14H21ClN2O. The summed E-state index contributed by atoms with van der Waals surface area (Å²) in [6.45, 7) is 6.68. The molecule has 0 radical (unpaired) electrons. The summed E-state index contributed by atoms with van der Waals surface area (Å²) < 4.78 is 5.76. The number of hydrogen-bond acceptors (Lipinski definition) is 3. The van der Waals surface area contributed by atoms with Crippen molar-refractivity contribution in [2.45, 2.75) is 32.1 Å². The topological polar surface area (TPSA) is 38.5 Å². The maximum absolute atomic E-state index is 5.95. The van der Waals surface area contributed by atoms with E-state index in [4.69, 9.17) is 22.1 Å². The highest BCUT2D eigenvalue weighted by Gasteiger charge is 2.27. The van der Waals surface area contributed by atoms with Crippen molar-refractivity contribution in [2.75, 3.05) is 19.6 Å². The first kappa shape index (κ1) is 13.8. The van der Waals surface area contributed by atoms with Crippen LogP contribution in [-0.4, -0.2) is 36.7 Å². The van der Waals surface area contributed by atoms with E-state index in [1.807, 2.05) is 12.1 Å². The van der Waals surface area contributed by atoms with Gasteiger partial charge in [-0.05, 0) is 31.5 Å². The number of halogens is 1. The van der Waals surface area contributed by atoms with Crippen LogP contribution >= 0.6 is 11.6 Å². The van der Waals surface area contributed by atoms with Crippen LogP contribution in [0.1, 0.15) is 25.5 Å². The summed E-state index contributed by atoms with van der Waals surface area (Å²) >= 11 is 5.93. The third-order valence-corrected chi connectivity index (χ3v) is 3.62. The summed E-state index contributed by atoms with van der Waals surface area (Å²) in [5, 5.41) is 0.762. The molecule has 0 aliphatic carbocycles. The van der Waals surface area contributed by atoms with Crippen LogP contribution in [0.5, 0.6) is 0 Å². The maximum Gasteiger partial charge on any atom is 0.0678 e. The van der Waals surface area contributed by atoms with Crippen LogP contribution in [0.3, 0.4) is 0 Å². The number of hydrogen-bond donors (Lipinski definition) is 1. The molecule has 1 fully saturated rings. The van der Waals surface area contributed by atoms with Crippen molar-refractivity contribution in [1.29, 1.82) is 0 Å². The van der Waals surface area contributed by atoms with E-state index < -0.39 is 0 Å². The first-order valence-electron chi connectivity index (χ1n) is 6.45. The molecule has 2 N–H and O–H groups in total. The van der Waals surface area contributed by atoms with Crippen LogP contribution in [0.2, 0.25) is 5.02 Å². The van der Waals surface area contributed by atoms with Crippen molar-refractivity contribution >= 4 is 11.6 Å². The minimum Gasteiger partial charge on any atom is -0.373 e. The van der Waals surface area contributed by atoms with Gasteiger partial charge in [0.2, 0.25) is 0 Å². The minimum absolute atomic E-state index is 0.246. The molecule has 0 bridgehead atoms. The molecule has 1 saturated heterocycles. The van der Waals surface area contributed by atoms with Gasteiger partial charge in [0.15, 0.2) is 0 Å². The first-order chi connectivity index (χ1) is 8.60. The van der Waals surface area contributed by atoms with Gasteiger partial charge in [-0.2, -0.15) is 0 Å². The molecule has 1 aliphatic heterocycles. The average molecular weight is 269 g/mol. The fraction of sp³-hybridized carbons (Fsp3) is 0.571. The predicted molar refractivity (Wildman–Crippen MR) is 74.8 cm³/mol. The third-order valence-electron chi connectivity index (χ3n) is 3.37. The fourth-order valence-corrected chi connectivity index (χ4v) is 2.78. The monoisotopic (exact) mass is 268 g/mol. The second-order valence-corrected chi connectivity index (χ2v) is 5.45. The van der Waals surface area contributed by atoms with Crippen LogP contribution in [0.25, 0.3) is 0 Å². The molecule has 4 heteroatoms. The van der Waals surface area contributed by atoms with Gasteiger partial charge in [-0.15, -0.1) is 0 Å². The largest absolute Gasteiger partial charge is 0.373 e. The molecule has 0 aromatic heterocycles. The Hall–Kier alpha value is -0.610. The minimum atomic E-state index is 0.246. The molecule has 0 amide bonds. The zero-order valence-electron chi connectivity index (χ0n) is 11.0. The zero-order valence-corrected chi connectivity index (χ0v) is 11.7. The Morgan fingerprint density at radius 2 is 1.83 bits per heavy atom. The van der Waals surface area contributed by atoms with Gasteiger partial charge >= 0.3 is 0 Å². The Bertz CT molecular complexity index is 372. The number of ether oxygens (including phenoxy) is 1. The second kappa shape index (κ2) is 6.02. The van der Waals surface area contributed by atoms with Gasteiger partial charge in [0.05, 0.1) is 12.2 Å². The van der Waals surface area contributed by atoms with E-state index in [0.29, 0.717) is 6.54 Å². The molecule has 3 nitrogen and oxygen atoms in total. The molecule has 100 valence electrons. The Balaban J connectivity index is 2.14. The highest BCUT2D eigenvalue weighted by Crippen LogP contribution is 2.25. The summed E-state index contributed by atoms with van der Waals surface area (Å²) in [4.78, 5) is 2.40. The number of benzene rings is 1. The van der Waals surface area contributed by atoms with Crippen LogP contribution in [0.4, 0.5) is 0 Å². The third kappa shape index (κ3) is 3.23. The van der Waals surface area contributed by atoms with E-state index in [9.17, 15) is 0 Å². The highest BCUT2D eigenvalue weighted by atomic mass is 35.5. The molecule has 2 rings (SSSR count). The molecule has 0 spiro atoms. The lowest BCUT2D eigenvalue weighted by atomic mass is 10.0. The van der Waals surface area contributed by atoms with Gasteiger partial charge in [0.1, 0.15) is 0 Å². The van der Waals surface area contributed by atoms with Crippen molar-refractivity contribution in [2.24, 2.45) is 5.73 Å². The Kier molecular flexibility index (Phi) is 4.62. The second-order valence-electron chi connectivity index (χ2n) is 5.01. The molecule has 0 saturated carbocycles. The van der Waals surface area contributed by atoms with Crippen LogP contribution < -0.4 is 5.73 Å². The van der Waals surface area contributed by atoms with Crippen LogP contribution in [0, 0.1) is 0 Å². The molecule has 1 heterocycles. The molecule has 0 unspecified atom stereocenters. The van der Waals surface area contributed by atoms with Crippen LogP contribution in [0.15, 0.2) is 24.3 Å². The standard InChI is InChI=1S/C14H21ClN2O/c1-10-8-17(9-11(2)18-10)14(7-16)12-3-5-13(15)6-4-12/h3-6,10-11,14H,7-9,16H2,1-2H3/t10-,11-,14+/m1/s1. The van der Waals surface area contributed by atoms with Crippen LogP contribution in [-0.2, 0) is 4.74 Å². The van der Waals surface area contributed by atoms with E-state index in [2.05, 4.69) is 30.9 Å². The lowest BCUT2D eigenvalue weighted by Crippen LogP contribution is -2.48. The zero-order chi connectivity index (χ0) is 13.1. The molecule has 1 aromatic rings. The Morgan fingerprint density at radius 3 is 2.33 bits per heavy atom. The van der Waals surface area contributed by atoms with Crippen molar-refractivity contribution in [3.63, 3.8) is 0 Å². The maximum atomic E-state index is 5.95. The summed E-state index contributed by atoms with van der Waals surface area (Å²) in [7, 11) is 0. The summed E-state index contributed by atoms with van der Waals surface area (Å²) in [5.41, 5.74) is 7.17. The van der Waals surface area contributed by atoms with E-state index >= 15 is 0 Å². The number of rotatable bonds is 3. The van der Waals surface area contributed by atoms with E-state index in [1.165, 1.54) is 5.56 Å². The summed E-state index contributed by atoms with van der Waals surface area (Å²) in [5.74, 6) is 0. The van der Waals surface area contributed by atoms with Crippen molar-refractivity contribution in [3.05, 3.63) is 34.9 Å². The van der Waals surface area contributed by atoms with Gasteiger partial charge in [-0.1, -0.05) is 23.7 Å². The average Bonchev–Trinajstić information content (AvgIpc) is 2.31. The van der Waals surface area contributed by atoms with E-state index in [1.54, 1.807) is 0 Å². The fourth-order valence-electron chi connectivity index (χ4n) is 2.65. The summed E-state index contributed by atoms with van der Waals surface area (Å²) in [6.07, 6.45) is 0.519. The van der Waals surface area contributed by atoms with Gasteiger partial charge < -0.3 is 10.5 Å². The van der Waals surface area contributed by atoms with Gasteiger partial charge in [-0.25, -0.2) is 0 Å². The Morgan fingerprint density at radius 1 is 1.28 bits per heavy atom. The normalized spacial score (nSPS) is 27.1. The van der Waals surface area contributed by atoms with Crippen molar-refractivity contribution in [3.8, 4) is 0 Å². The van der Waals surface area contributed by atoms with Crippen molar-refractivity contribution in [1.82, 2.24) is 4.90 Å².